The van der Waals surface area contributed by atoms with Crippen LogP contribution in [0, 0.1) is 0 Å². The molecule has 1 aromatic carbocycles. The van der Waals surface area contributed by atoms with Crippen LogP contribution in [0.4, 0.5) is 5.69 Å². The van der Waals surface area contributed by atoms with Gasteiger partial charge in [0.05, 0.1) is 5.69 Å². The van der Waals surface area contributed by atoms with Gasteiger partial charge in [0, 0.05) is 12.7 Å². The lowest BCUT2D eigenvalue weighted by atomic mass is 10.1. The van der Waals surface area contributed by atoms with Crippen LogP contribution in [0.25, 0.3) is 0 Å². The number of aromatic nitrogens is 1. The second-order valence-corrected chi connectivity index (χ2v) is 5.89. The lowest BCUT2D eigenvalue weighted by Crippen LogP contribution is -2.27. The topological polar surface area (TPSA) is 105 Å². The van der Waals surface area contributed by atoms with E-state index in [0.29, 0.717) is 6.42 Å². The SMILES string of the molecule is Nc1cccnc1S(=O)(=O)NCCc1ccc(O)cc1. The molecule has 2 aromatic rings. The molecule has 0 saturated heterocycles. The van der Waals surface area contributed by atoms with Crippen molar-refractivity contribution < 1.29 is 13.5 Å². The average molecular weight is 293 g/mol. The molecule has 4 N–H and O–H groups in total. The van der Waals surface area contributed by atoms with E-state index in [1.807, 2.05) is 0 Å². The van der Waals surface area contributed by atoms with Crippen LogP contribution >= 0.6 is 0 Å². The first-order chi connectivity index (χ1) is 9.49. The van der Waals surface area contributed by atoms with Crippen molar-refractivity contribution in [2.75, 3.05) is 12.3 Å². The highest BCUT2D eigenvalue weighted by Crippen LogP contribution is 2.14. The van der Waals surface area contributed by atoms with Gasteiger partial charge in [-0.05, 0) is 36.2 Å². The van der Waals surface area contributed by atoms with Crippen molar-refractivity contribution in [3.8, 4) is 5.75 Å². The molecule has 0 fully saturated rings. The van der Waals surface area contributed by atoms with Gasteiger partial charge in [-0.15, -0.1) is 0 Å². The number of rotatable bonds is 5. The Morgan fingerprint density at radius 2 is 1.90 bits per heavy atom. The van der Waals surface area contributed by atoms with Crippen molar-refractivity contribution in [2.45, 2.75) is 11.4 Å². The van der Waals surface area contributed by atoms with E-state index in [4.69, 9.17) is 10.8 Å². The Bertz CT molecular complexity index is 684. The number of nitrogens with two attached hydrogens (primary N) is 1. The molecule has 20 heavy (non-hydrogen) atoms. The standard InChI is InChI=1S/C13H15N3O3S/c14-12-2-1-8-15-13(12)20(18,19)16-9-7-10-3-5-11(17)6-4-10/h1-6,8,16-17H,7,9,14H2. The molecular weight excluding hydrogens is 278 g/mol. The van der Waals surface area contributed by atoms with Crippen LogP contribution in [0.1, 0.15) is 5.56 Å². The Balaban J connectivity index is 2.00. The number of aromatic hydroxyl groups is 1. The van der Waals surface area contributed by atoms with Crippen molar-refractivity contribution >= 4 is 15.7 Å². The fourth-order valence-electron chi connectivity index (χ4n) is 1.69. The van der Waals surface area contributed by atoms with E-state index in [2.05, 4.69) is 9.71 Å². The number of phenols is 1. The highest BCUT2D eigenvalue weighted by atomic mass is 32.2. The quantitative estimate of drug-likeness (QED) is 0.759. The summed E-state index contributed by atoms with van der Waals surface area (Å²) in [5.74, 6) is 0.176. The smallest absolute Gasteiger partial charge is 0.260 e. The van der Waals surface area contributed by atoms with Gasteiger partial charge in [-0.2, -0.15) is 0 Å². The van der Waals surface area contributed by atoms with Crippen LogP contribution in [0.2, 0.25) is 0 Å². The first-order valence-corrected chi connectivity index (χ1v) is 7.45. The summed E-state index contributed by atoms with van der Waals surface area (Å²) < 4.78 is 26.5. The third kappa shape index (κ3) is 3.46. The van der Waals surface area contributed by atoms with Gasteiger partial charge in [0.2, 0.25) is 0 Å². The fourth-order valence-corrected chi connectivity index (χ4v) is 2.77. The minimum Gasteiger partial charge on any atom is -0.508 e. The molecule has 0 aliphatic heterocycles. The molecule has 0 bridgehead atoms. The van der Waals surface area contributed by atoms with Crippen LogP contribution < -0.4 is 10.5 Å². The molecule has 0 unspecified atom stereocenters. The maximum Gasteiger partial charge on any atom is 0.260 e. The van der Waals surface area contributed by atoms with Gasteiger partial charge in [-0.3, -0.25) is 0 Å². The van der Waals surface area contributed by atoms with Crippen LogP contribution in [0.3, 0.4) is 0 Å². The number of pyridine rings is 1. The summed E-state index contributed by atoms with van der Waals surface area (Å²) in [4.78, 5) is 3.78. The molecule has 0 aliphatic carbocycles. The van der Waals surface area contributed by atoms with E-state index < -0.39 is 10.0 Å². The molecule has 6 nitrogen and oxygen atoms in total. The normalized spacial score (nSPS) is 11.4. The summed E-state index contributed by atoms with van der Waals surface area (Å²) >= 11 is 0. The lowest BCUT2D eigenvalue weighted by molar-refractivity contribution is 0.475. The average Bonchev–Trinajstić information content (AvgIpc) is 2.41. The maximum absolute atomic E-state index is 12.0. The Morgan fingerprint density at radius 3 is 2.55 bits per heavy atom. The minimum absolute atomic E-state index is 0.115. The second-order valence-electron chi connectivity index (χ2n) is 4.21. The summed E-state index contributed by atoms with van der Waals surface area (Å²) in [5, 5.41) is 9.00. The number of nitrogens with zero attached hydrogens (tertiary/aromatic N) is 1. The molecule has 2 rings (SSSR count). The molecular formula is C13H15N3O3S. The lowest BCUT2D eigenvalue weighted by Gasteiger charge is -2.08. The van der Waals surface area contributed by atoms with E-state index in [1.165, 1.54) is 12.3 Å². The number of sulfonamides is 1. The predicted molar refractivity (Wildman–Crippen MR) is 75.6 cm³/mol. The summed E-state index contributed by atoms with van der Waals surface area (Å²) in [6.45, 7) is 0.225. The number of hydrogen-bond acceptors (Lipinski definition) is 5. The Morgan fingerprint density at radius 1 is 1.20 bits per heavy atom. The van der Waals surface area contributed by atoms with E-state index in [1.54, 1.807) is 30.3 Å². The highest BCUT2D eigenvalue weighted by Gasteiger charge is 2.17. The Labute approximate surface area is 117 Å². The summed E-state index contributed by atoms with van der Waals surface area (Å²) in [7, 11) is -3.70. The Hall–Kier alpha value is -2.12. The molecule has 0 aliphatic rings. The molecule has 1 aromatic heterocycles. The van der Waals surface area contributed by atoms with E-state index in [0.717, 1.165) is 5.56 Å². The molecule has 0 spiro atoms. The van der Waals surface area contributed by atoms with Crippen LogP contribution in [-0.2, 0) is 16.4 Å². The summed E-state index contributed by atoms with van der Waals surface area (Å²) in [6.07, 6.45) is 1.89. The Kier molecular flexibility index (Phi) is 4.21. The summed E-state index contributed by atoms with van der Waals surface area (Å²) in [6, 6.07) is 9.64. The van der Waals surface area contributed by atoms with Crippen molar-refractivity contribution in [3.63, 3.8) is 0 Å². The van der Waals surface area contributed by atoms with Gasteiger partial charge in [0.15, 0.2) is 5.03 Å². The number of phenolic OH excluding ortho intramolecular Hbond substituents is 1. The van der Waals surface area contributed by atoms with Crippen molar-refractivity contribution in [2.24, 2.45) is 0 Å². The number of nitrogen functional groups attached to an aromatic ring is 1. The first kappa shape index (κ1) is 14.3. The zero-order valence-corrected chi connectivity index (χ0v) is 11.5. The van der Waals surface area contributed by atoms with Gasteiger partial charge in [-0.25, -0.2) is 18.1 Å². The predicted octanol–water partition coefficient (Wildman–Crippen LogP) is 0.890. The second kappa shape index (κ2) is 5.89. The molecule has 0 atom stereocenters. The van der Waals surface area contributed by atoms with Crippen molar-refractivity contribution in [1.29, 1.82) is 0 Å². The van der Waals surface area contributed by atoms with Crippen molar-refractivity contribution in [1.82, 2.24) is 9.71 Å². The van der Waals surface area contributed by atoms with E-state index in [-0.39, 0.29) is 23.0 Å². The third-order valence-corrected chi connectivity index (χ3v) is 4.13. The van der Waals surface area contributed by atoms with Gasteiger partial charge < -0.3 is 10.8 Å². The number of benzene rings is 1. The van der Waals surface area contributed by atoms with Gasteiger partial charge >= 0.3 is 0 Å². The van der Waals surface area contributed by atoms with Crippen LogP contribution in [0.5, 0.6) is 5.75 Å². The molecule has 0 radical (unpaired) electrons. The van der Waals surface area contributed by atoms with Crippen LogP contribution in [0.15, 0.2) is 47.6 Å². The van der Waals surface area contributed by atoms with Crippen molar-refractivity contribution in [3.05, 3.63) is 48.2 Å². The zero-order valence-electron chi connectivity index (χ0n) is 10.7. The molecule has 1 heterocycles. The molecule has 7 heteroatoms. The monoisotopic (exact) mass is 293 g/mol. The third-order valence-electron chi connectivity index (χ3n) is 2.70. The number of hydrogen-bond donors (Lipinski definition) is 3. The van der Waals surface area contributed by atoms with E-state index in [9.17, 15) is 8.42 Å². The van der Waals surface area contributed by atoms with Gasteiger partial charge in [-0.1, -0.05) is 12.1 Å². The fraction of sp³-hybridized carbons (Fsp3) is 0.154. The van der Waals surface area contributed by atoms with Crippen LogP contribution in [-0.4, -0.2) is 25.1 Å². The largest absolute Gasteiger partial charge is 0.508 e. The maximum atomic E-state index is 12.0. The van der Waals surface area contributed by atoms with E-state index >= 15 is 0 Å². The number of nitrogens with one attached hydrogen (secondary N) is 1. The van der Waals surface area contributed by atoms with Gasteiger partial charge in [0.25, 0.3) is 10.0 Å². The zero-order chi connectivity index (χ0) is 14.6. The number of anilines is 1. The summed E-state index contributed by atoms with van der Waals surface area (Å²) in [5.41, 5.74) is 6.63. The molecule has 0 amide bonds. The molecule has 0 saturated carbocycles. The first-order valence-electron chi connectivity index (χ1n) is 5.97. The minimum atomic E-state index is -3.70. The molecule has 106 valence electrons. The van der Waals surface area contributed by atoms with Gasteiger partial charge in [0.1, 0.15) is 5.75 Å². The highest BCUT2D eigenvalue weighted by molar-refractivity contribution is 7.89.